The summed E-state index contributed by atoms with van der Waals surface area (Å²) in [7, 11) is 0. The number of rotatable bonds is 2. The fourth-order valence-corrected chi connectivity index (χ4v) is 4.96. The SMILES string of the molecule is CC1(C)CC2(CCCN2C(=O)c2ccc(C(F)(F)F)cn2)CN1c1ccc(F)cc1. The minimum atomic E-state index is -4.49. The number of pyridine rings is 1. The van der Waals surface area contributed by atoms with Crippen LogP contribution < -0.4 is 4.90 Å². The molecule has 0 radical (unpaired) electrons. The molecular formula is C22H23F4N3O. The summed E-state index contributed by atoms with van der Waals surface area (Å²) >= 11 is 0. The van der Waals surface area contributed by atoms with Crippen molar-refractivity contribution in [1.82, 2.24) is 9.88 Å². The van der Waals surface area contributed by atoms with Crippen LogP contribution in [-0.4, -0.2) is 40.0 Å². The third kappa shape index (κ3) is 3.52. The van der Waals surface area contributed by atoms with Gasteiger partial charge in [0.15, 0.2) is 0 Å². The summed E-state index contributed by atoms with van der Waals surface area (Å²) in [5, 5.41) is 0. The number of nitrogens with zero attached hydrogens (tertiary/aromatic N) is 3. The minimum Gasteiger partial charge on any atom is -0.364 e. The van der Waals surface area contributed by atoms with Crippen molar-refractivity contribution in [3.05, 3.63) is 59.7 Å². The van der Waals surface area contributed by atoms with Crippen molar-refractivity contribution >= 4 is 11.6 Å². The Labute approximate surface area is 172 Å². The van der Waals surface area contributed by atoms with E-state index in [0.717, 1.165) is 30.7 Å². The standard InChI is InChI=1S/C22H23F4N3O/c1-20(2)13-21(14-29(20)17-7-5-16(23)6-8-17)10-3-11-28(21)19(30)18-9-4-15(12-27-18)22(24,25)26/h4-9,12H,3,10-11,13-14H2,1-2H3. The van der Waals surface area contributed by atoms with Crippen molar-refractivity contribution < 1.29 is 22.4 Å². The summed E-state index contributed by atoms with van der Waals surface area (Å²) in [6.45, 7) is 5.29. The van der Waals surface area contributed by atoms with Gasteiger partial charge >= 0.3 is 6.18 Å². The van der Waals surface area contributed by atoms with Gasteiger partial charge in [-0.05, 0) is 69.5 Å². The first-order chi connectivity index (χ1) is 14.0. The van der Waals surface area contributed by atoms with Crippen LogP contribution in [0.4, 0.5) is 23.2 Å². The second-order valence-electron chi connectivity index (χ2n) is 8.77. The van der Waals surface area contributed by atoms with Crippen LogP contribution in [0.5, 0.6) is 0 Å². The first-order valence-corrected chi connectivity index (χ1v) is 9.90. The van der Waals surface area contributed by atoms with Crippen LogP contribution in [-0.2, 0) is 6.18 Å². The van der Waals surface area contributed by atoms with Crippen molar-refractivity contribution in [1.29, 1.82) is 0 Å². The molecule has 2 aromatic rings. The summed E-state index contributed by atoms with van der Waals surface area (Å²) in [5.41, 5.74) is -0.680. The van der Waals surface area contributed by atoms with Gasteiger partial charge in [-0.25, -0.2) is 4.39 Å². The monoisotopic (exact) mass is 421 g/mol. The number of alkyl halides is 3. The molecule has 2 fully saturated rings. The summed E-state index contributed by atoms with van der Waals surface area (Å²) < 4.78 is 51.8. The molecule has 2 saturated heterocycles. The molecule has 3 heterocycles. The number of aromatic nitrogens is 1. The molecule has 2 aliphatic rings. The quantitative estimate of drug-likeness (QED) is 0.647. The molecule has 1 aromatic heterocycles. The van der Waals surface area contributed by atoms with Crippen LogP contribution in [0.15, 0.2) is 42.6 Å². The Morgan fingerprint density at radius 2 is 1.80 bits per heavy atom. The molecule has 1 unspecified atom stereocenters. The van der Waals surface area contributed by atoms with Crippen LogP contribution in [0.2, 0.25) is 0 Å². The first kappa shape index (κ1) is 20.6. The lowest BCUT2D eigenvalue weighted by molar-refractivity contribution is -0.137. The van der Waals surface area contributed by atoms with Crippen LogP contribution in [0, 0.1) is 5.82 Å². The molecule has 1 amide bonds. The summed E-state index contributed by atoms with van der Waals surface area (Å²) in [6.07, 6.45) is -1.45. The average molecular weight is 421 g/mol. The van der Waals surface area contributed by atoms with Gasteiger partial charge in [-0.15, -0.1) is 0 Å². The smallest absolute Gasteiger partial charge is 0.364 e. The highest BCUT2D eigenvalue weighted by atomic mass is 19.4. The zero-order valence-electron chi connectivity index (χ0n) is 16.8. The van der Waals surface area contributed by atoms with E-state index in [1.54, 1.807) is 17.0 Å². The Morgan fingerprint density at radius 1 is 1.10 bits per heavy atom. The molecule has 8 heteroatoms. The van der Waals surface area contributed by atoms with E-state index in [2.05, 4.69) is 23.7 Å². The fourth-order valence-electron chi connectivity index (χ4n) is 4.96. The van der Waals surface area contributed by atoms with Gasteiger partial charge in [0.1, 0.15) is 11.5 Å². The van der Waals surface area contributed by atoms with E-state index < -0.39 is 17.3 Å². The number of hydrogen-bond donors (Lipinski definition) is 0. The molecular weight excluding hydrogens is 398 g/mol. The van der Waals surface area contributed by atoms with Crippen LogP contribution in [0.1, 0.15) is 49.2 Å². The molecule has 30 heavy (non-hydrogen) atoms. The van der Waals surface area contributed by atoms with Gasteiger partial charge in [0.25, 0.3) is 5.91 Å². The number of anilines is 1. The second-order valence-corrected chi connectivity index (χ2v) is 8.77. The highest BCUT2D eigenvalue weighted by molar-refractivity contribution is 5.93. The second kappa shape index (κ2) is 6.96. The molecule has 4 rings (SSSR count). The molecule has 2 aliphatic heterocycles. The number of halogens is 4. The molecule has 0 aliphatic carbocycles. The maximum absolute atomic E-state index is 13.4. The molecule has 0 bridgehead atoms. The molecule has 1 aromatic carbocycles. The van der Waals surface area contributed by atoms with E-state index in [9.17, 15) is 22.4 Å². The van der Waals surface area contributed by atoms with Gasteiger partial charge in [0.2, 0.25) is 0 Å². The van der Waals surface area contributed by atoms with Gasteiger partial charge in [0.05, 0.1) is 11.1 Å². The van der Waals surface area contributed by atoms with Gasteiger partial charge in [-0.3, -0.25) is 9.78 Å². The molecule has 0 saturated carbocycles. The molecule has 1 spiro atoms. The van der Waals surface area contributed by atoms with Gasteiger partial charge < -0.3 is 9.80 Å². The highest BCUT2D eigenvalue weighted by Crippen LogP contribution is 2.47. The lowest BCUT2D eigenvalue weighted by Crippen LogP contribution is -2.49. The topological polar surface area (TPSA) is 36.4 Å². The maximum Gasteiger partial charge on any atom is 0.417 e. The van der Waals surface area contributed by atoms with Crippen LogP contribution >= 0.6 is 0 Å². The first-order valence-electron chi connectivity index (χ1n) is 9.90. The fraction of sp³-hybridized carbons (Fsp3) is 0.455. The number of likely N-dealkylation sites (tertiary alicyclic amines) is 1. The predicted molar refractivity (Wildman–Crippen MR) is 105 cm³/mol. The van der Waals surface area contributed by atoms with Crippen molar-refractivity contribution in [3.8, 4) is 0 Å². The Balaban J connectivity index is 1.61. The third-order valence-corrected chi connectivity index (χ3v) is 6.23. The predicted octanol–water partition coefficient (Wildman–Crippen LogP) is 4.90. The summed E-state index contributed by atoms with van der Waals surface area (Å²) in [5.74, 6) is -0.658. The average Bonchev–Trinajstić information content (AvgIpc) is 3.20. The Bertz CT molecular complexity index is 940. The number of amides is 1. The number of benzene rings is 1. The normalized spacial score (nSPS) is 23.4. The molecule has 4 nitrogen and oxygen atoms in total. The lowest BCUT2D eigenvalue weighted by atomic mass is 9.87. The van der Waals surface area contributed by atoms with Crippen molar-refractivity contribution in [3.63, 3.8) is 0 Å². The number of carbonyl (C=O) groups is 1. The Kier molecular flexibility index (Phi) is 4.78. The van der Waals surface area contributed by atoms with Crippen LogP contribution in [0.25, 0.3) is 0 Å². The zero-order valence-corrected chi connectivity index (χ0v) is 16.8. The highest BCUT2D eigenvalue weighted by Gasteiger charge is 2.55. The Morgan fingerprint density at radius 3 is 2.40 bits per heavy atom. The zero-order chi connectivity index (χ0) is 21.7. The van der Waals surface area contributed by atoms with E-state index in [0.29, 0.717) is 25.7 Å². The molecule has 0 N–H and O–H groups in total. The molecule has 1 atom stereocenters. The largest absolute Gasteiger partial charge is 0.417 e. The summed E-state index contributed by atoms with van der Waals surface area (Å²) in [6, 6.07) is 8.34. The number of carbonyl (C=O) groups excluding carboxylic acids is 1. The third-order valence-electron chi connectivity index (χ3n) is 6.23. The van der Waals surface area contributed by atoms with Crippen molar-refractivity contribution in [2.24, 2.45) is 0 Å². The van der Waals surface area contributed by atoms with E-state index in [-0.39, 0.29) is 23.0 Å². The number of hydrogen-bond acceptors (Lipinski definition) is 3. The van der Waals surface area contributed by atoms with Gasteiger partial charge in [-0.1, -0.05) is 0 Å². The van der Waals surface area contributed by atoms with E-state index in [1.807, 2.05) is 0 Å². The molecule has 160 valence electrons. The van der Waals surface area contributed by atoms with Gasteiger partial charge in [0, 0.05) is 30.5 Å². The Hall–Kier alpha value is -2.64. The van der Waals surface area contributed by atoms with E-state index in [1.165, 1.54) is 12.1 Å². The van der Waals surface area contributed by atoms with Crippen LogP contribution in [0.3, 0.4) is 0 Å². The summed E-state index contributed by atoms with van der Waals surface area (Å²) in [4.78, 5) is 20.9. The van der Waals surface area contributed by atoms with E-state index >= 15 is 0 Å². The maximum atomic E-state index is 13.4. The minimum absolute atomic E-state index is 0.0160. The van der Waals surface area contributed by atoms with Crippen molar-refractivity contribution in [2.45, 2.75) is 50.4 Å². The lowest BCUT2D eigenvalue weighted by Gasteiger charge is -2.35. The van der Waals surface area contributed by atoms with E-state index in [4.69, 9.17) is 0 Å². The van der Waals surface area contributed by atoms with Crippen molar-refractivity contribution in [2.75, 3.05) is 18.0 Å². The van der Waals surface area contributed by atoms with Gasteiger partial charge in [-0.2, -0.15) is 13.2 Å².